The third-order valence-electron chi connectivity index (χ3n) is 6.13. The Bertz CT molecular complexity index is 1540. The molecule has 33 heavy (non-hydrogen) atoms. The van der Waals surface area contributed by atoms with E-state index in [1.807, 2.05) is 30.3 Å². The third-order valence-corrected chi connectivity index (χ3v) is 8.34. The number of aromatic nitrogens is 4. The predicted octanol–water partition coefficient (Wildman–Crippen LogP) is 4.93. The molecule has 0 atom stereocenters. The molecule has 0 bridgehead atoms. The van der Waals surface area contributed by atoms with E-state index in [0.717, 1.165) is 46.8 Å². The van der Waals surface area contributed by atoms with Gasteiger partial charge in [0.15, 0.2) is 5.16 Å². The first-order chi connectivity index (χ1) is 16.3. The molecule has 0 radical (unpaired) electrons. The molecule has 0 saturated heterocycles. The minimum Gasteiger partial charge on any atom is -0.495 e. The van der Waals surface area contributed by atoms with Crippen LogP contribution in [0.5, 0.6) is 5.75 Å². The molecular weight excluding hydrogens is 452 g/mol. The van der Waals surface area contributed by atoms with E-state index < -0.39 is 0 Å². The van der Waals surface area contributed by atoms with Crippen molar-refractivity contribution in [3.8, 4) is 11.4 Å². The number of ether oxygens (including phenoxy) is 1. The van der Waals surface area contributed by atoms with Gasteiger partial charge < -0.3 is 4.74 Å². The number of hydrogen-bond donors (Lipinski definition) is 0. The molecule has 5 aromatic rings. The largest absolute Gasteiger partial charge is 0.495 e. The number of fused-ring (bicyclic) bond motifs is 5. The molecule has 0 unspecified atom stereocenters. The Morgan fingerprint density at radius 2 is 1.88 bits per heavy atom. The second kappa shape index (κ2) is 8.35. The van der Waals surface area contributed by atoms with Crippen molar-refractivity contribution in [1.29, 1.82) is 0 Å². The Hall–Kier alpha value is -3.10. The minimum absolute atomic E-state index is 0.0466. The predicted molar refractivity (Wildman–Crippen MR) is 133 cm³/mol. The van der Waals surface area contributed by atoms with Crippen molar-refractivity contribution in [3.63, 3.8) is 0 Å². The maximum atomic E-state index is 13.9. The summed E-state index contributed by atoms with van der Waals surface area (Å²) in [7, 11) is 1.62. The van der Waals surface area contributed by atoms with E-state index in [9.17, 15) is 4.79 Å². The maximum Gasteiger partial charge on any atom is 0.268 e. The molecule has 3 heterocycles. The van der Waals surface area contributed by atoms with Crippen LogP contribution in [-0.4, -0.2) is 32.0 Å². The molecule has 6 nitrogen and oxygen atoms in total. The van der Waals surface area contributed by atoms with E-state index in [1.54, 1.807) is 34.8 Å². The highest BCUT2D eigenvalue weighted by Crippen LogP contribution is 2.38. The van der Waals surface area contributed by atoms with E-state index in [4.69, 9.17) is 4.74 Å². The Morgan fingerprint density at radius 3 is 2.73 bits per heavy atom. The second-order valence-electron chi connectivity index (χ2n) is 8.05. The van der Waals surface area contributed by atoms with Crippen molar-refractivity contribution in [2.75, 3.05) is 12.9 Å². The van der Waals surface area contributed by atoms with Gasteiger partial charge in [0.1, 0.15) is 10.6 Å². The van der Waals surface area contributed by atoms with Crippen molar-refractivity contribution in [1.82, 2.24) is 19.2 Å². The highest BCUT2D eigenvalue weighted by molar-refractivity contribution is 7.99. The lowest BCUT2D eigenvalue weighted by molar-refractivity contribution is 0.413. The summed E-state index contributed by atoms with van der Waals surface area (Å²) in [6.45, 7) is 0. The van der Waals surface area contributed by atoms with Crippen LogP contribution in [0.1, 0.15) is 22.4 Å². The number of thiophene rings is 1. The van der Waals surface area contributed by atoms with E-state index in [0.29, 0.717) is 17.2 Å². The Balaban J connectivity index is 1.54. The first-order valence-corrected chi connectivity index (χ1v) is 12.8. The summed E-state index contributed by atoms with van der Waals surface area (Å²) < 4.78 is 9.33. The van der Waals surface area contributed by atoms with Crippen molar-refractivity contribution < 1.29 is 4.74 Å². The fourth-order valence-electron chi connectivity index (χ4n) is 4.59. The molecule has 0 saturated carbocycles. The van der Waals surface area contributed by atoms with Gasteiger partial charge in [-0.2, -0.15) is 0 Å². The molecule has 166 valence electrons. The highest BCUT2D eigenvalue weighted by atomic mass is 32.2. The van der Waals surface area contributed by atoms with Crippen molar-refractivity contribution in [2.45, 2.75) is 30.8 Å². The normalized spacial score (nSPS) is 13.1. The fraction of sp³-hybridized carbons (Fsp3) is 0.240. The zero-order valence-electron chi connectivity index (χ0n) is 18.2. The molecule has 6 rings (SSSR count). The van der Waals surface area contributed by atoms with E-state index >= 15 is 0 Å². The number of hydrogen-bond acceptors (Lipinski definition) is 6. The summed E-state index contributed by atoms with van der Waals surface area (Å²) in [5, 5.41) is 10.6. The molecule has 8 heteroatoms. The van der Waals surface area contributed by atoms with Crippen LogP contribution in [0.15, 0.2) is 64.5 Å². The SMILES string of the molecule is COc1ccccc1-n1c(=O)c2c3c(sc2n2c(SCCc4ccccc4)nnc12)CCC3. The van der Waals surface area contributed by atoms with Gasteiger partial charge in [-0.25, -0.2) is 8.97 Å². The van der Waals surface area contributed by atoms with Crippen LogP contribution in [0.3, 0.4) is 0 Å². The van der Waals surface area contributed by atoms with E-state index in [1.165, 1.54) is 16.0 Å². The molecule has 1 aliphatic rings. The molecule has 1 aliphatic carbocycles. The van der Waals surface area contributed by atoms with Crippen molar-refractivity contribution >= 4 is 39.1 Å². The van der Waals surface area contributed by atoms with Gasteiger partial charge in [-0.05, 0) is 48.9 Å². The van der Waals surface area contributed by atoms with Crippen LogP contribution >= 0.6 is 23.1 Å². The summed E-state index contributed by atoms with van der Waals surface area (Å²) >= 11 is 3.39. The Morgan fingerprint density at radius 1 is 1.06 bits per heavy atom. The number of nitrogens with zero attached hydrogens (tertiary/aromatic N) is 4. The molecule has 3 aromatic heterocycles. The zero-order chi connectivity index (χ0) is 22.4. The summed E-state index contributed by atoms with van der Waals surface area (Å²) in [5.74, 6) is 2.04. The lowest BCUT2D eigenvalue weighted by atomic mass is 10.2. The summed E-state index contributed by atoms with van der Waals surface area (Å²) in [4.78, 5) is 16.1. The summed E-state index contributed by atoms with van der Waals surface area (Å²) in [5.41, 5.74) is 3.13. The Labute approximate surface area is 198 Å². The van der Waals surface area contributed by atoms with Gasteiger partial charge >= 0.3 is 0 Å². The minimum atomic E-state index is -0.0466. The quantitative estimate of drug-likeness (QED) is 0.327. The lowest BCUT2D eigenvalue weighted by Gasteiger charge is -2.13. The second-order valence-corrected chi connectivity index (χ2v) is 10.2. The first kappa shape index (κ1) is 20.5. The fourth-order valence-corrected chi connectivity index (χ4v) is 6.94. The van der Waals surface area contributed by atoms with Gasteiger partial charge in [-0.1, -0.05) is 54.2 Å². The first-order valence-electron chi connectivity index (χ1n) is 11.0. The molecule has 0 fully saturated rings. The van der Waals surface area contributed by atoms with Crippen LogP contribution in [-0.2, 0) is 19.3 Å². The van der Waals surface area contributed by atoms with E-state index in [-0.39, 0.29) is 5.56 Å². The number of rotatable bonds is 6. The molecule has 0 amide bonds. The van der Waals surface area contributed by atoms with Crippen LogP contribution in [0.4, 0.5) is 0 Å². The maximum absolute atomic E-state index is 13.9. The summed E-state index contributed by atoms with van der Waals surface area (Å²) in [6.07, 6.45) is 4.02. The number of benzene rings is 2. The number of para-hydroxylation sites is 2. The average Bonchev–Trinajstić information content (AvgIpc) is 3.55. The van der Waals surface area contributed by atoms with Crippen molar-refractivity contribution in [2.24, 2.45) is 0 Å². The smallest absolute Gasteiger partial charge is 0.268 e. The lowest BCUT2D eigenvalue weighted by Crippen LogP contribution is -2.22. The molecule has 0 N–H and O–H groups in total. The van der Waals surface area contributed by atoms with Crippen molar-refractivity contribution in [3.05, 3.63) is 81.0 Å². The number of methoxy groups -OCH3 is 1. The van der Waals surface area contributed by atoms with Gasteiger partial charge in [-0.15, -0.1) is 21.5 Å². The van der Waals surface area contributed by atoms with Gasteiger partial charge in [0.05, 0.1) is 18.2 Å². The topological polar surface area (TPSA) is 61.4 Å². The van der Waals surface area contributed by atoms with Gasteiger partial charge in [0, 0.05) is 10.6 Å². The van der Waals surface area contributed by atoms with Gasteiger partial charge in [-0.3, -0.25) is 4.79 Å². The summed E-state index contributed by atoms with van der Waals surface area (Å²) in [6, 6.07) is 18.0. The van der Waals surface area contributed by atoms with Gasteiger partial charge in [0.25, 0.3) is 5.56 Å². The molecular formula is C25H22N4O2S2. The third kappa shape index (κ3) is 3.36. The average molecular weight is 475 g/mol. The molecule has 0 spiro atoms. The molecule has 2 aromatic carbocycles. The van der Waals surface area contributed by atoms with Crippen LogP contribution in [0, 0.1) is 0 Å². The Kier molecular flexibility index (Phi) is 5.19. The van der Waals surface area contributed by atoms with Gasteiger partial charge in [0.2, 0.25) is 5.78 Å². The van der Waals surface area contributed by atoms with E-state index in [2.05, 4.69) is 38.9 Å². The molecule has 0 aliphatic heterocycles. The number of aryl methyl sites for hydroxylation is 3. The van der Waals surface area contributed by atoms with Crippen LogP contribution in [0.25, 0.3) is 21.7 Å². The monoisotopic (exact) mass is 474 g/mol. The zero-order valence-corrected chi connectivity index (χ0v) is 19.8. The van der Waals surface area contributed by atoms with Crippen LogP contribution < -0.4 is 10.3 Å². The highest BCUT2D eigenvalue weighted by Gasteiger charge is 2.27. The number of thioether (sulfide) groups is 1. The van der Waals surface area contributed by atoms with Crippen LogP contribution in [0.2, 0.25) is 0 Å². The standard InChI is InChI=1S/C25H22N4O2S2/c1-31-19-12-6-5-11-18(19)28-22(30)21-17-10-7-13-20(17)33-23(21)29-24(28)26-27-25(29)32-15-14-16-8-3-2-4-9-16/h2-6,8-9,11-12H,7,10,13-15H2,1H3.